The summed E-state index contributed by atoms with van der Waals surface area (Å²) in [4.78, 5) is 0. The Kier molecular flexibility index (Phi) is 2.33. The summed E-state index contributed by atoms with van der Waals surface area (Å²) < 4.78 is 18.5. The van der Waals surface area contributed by atoms with E-state index in [1.165, 1.54) is 18.2 Å². The van der Waals surface area contributed by atoms with Gasteiger partial charge in [0, 0.05) is 6.07 Å². The molecule has 1 aromatic rings. The van der Waals surface area contributed by atoms with Gasteiger partial charge in [0.2, 0.25) is 0 Å². The molecule has 4 heteroatoms. The van der Waals surface area contributed by atoms with Crippen molar-refractivity contribution in [3.63, 3.8) is 0 Å². The van der Waals surface area contributed by atoms with Crippen LogP contribution in [-0.4, -0.2) is 12.1 Å². The molecule has 0 spiro atoms. The van der Waals surface area contributed by atoms with Crippen LogP contribution in [-0.2, 0) is 0 Å². The molecule has 0 heterocycles. The maximum absolute atomic E-state index is 13.2. The fourth-order valence-electron chi connectivity index (χ4n) is 1.21. The second-order valence-electron chi connectivity index (χ2n) is 3.91. The van der Waals surface area contributed by atoms with E-state index in [-0.39, 0.29) is 11.3 Å². The summed E-state index contributed by atoms with van der Waals surface area (Å²) in [6.07, 6.45) is 1.82. The normalized spacial score (nSPS) is 16.9. The Balaban J connectivity index is 2.09. The zero-order valence-electron chi connectivity index (χ0n) is 8.16. The van der Waals surface area contributed by atoms with Crippen LogP contribution in [0.1, 0.15) is 18.4 Å². The van der Waals surface area contributed by atoms with Crippen LogP contribution in [0.3, 0.4) is 0 Å². The number of nitriles is 1. The van der Waals surface area contributed by atoms with E-state index in [1.54, 1.807) is 0 Å². The number of benzene rings is 1. The van der Waals surface area contributed by atoms with Crippen molar-refractivity contribution in [2.45, 2.75) is 18.4 Å². The number of nitrogens with two attached hydrogens (primary N) is 1. The van der Waals surface area contributed by atoms with E-state index in [0.29, 0.717) is 12.2 Å². The molecule has 0 aliphatic heterocycles. The highest BCUT2D eigenvalue weighted by atomic mass is 19.1. The Hall–Kier alpha value is -1.60. The van der Waals surface area contributed by atoms with Gasteiger partial charge >= 0.3 is 0 Å². The molecule has 1 fully saturated rings. The quantitative estimate of drug-likeness (QED) is 0.816. The fraction of sp³-hybridized carbons (Fsp3) is 0.364. The van der Waals surface area contributed by atoms with Crippen LogP contribution in [0.15, 0.2) is 18.2 Å². The molecule has 0 amide bonds. The van der Waals surface area contributed by atoms with Gasteiger partial charge in [0.1, 0.15) is 6.61 Å². The van der Waals surface area contributed by atoms with Gasteiger partial charge in [-0.05, 0) is 25.0 Å². The molecule has 15 heavy (non-hydrogen) atoms. The number of hydrogen-bond acceptors (Lipinski definition) is 3. The average molecular weight is 206 g/mol. The van der Waals surface area contributed by atoms with Gasteiger partial charge in [0.15, 0.2) is 11.6 Å². The summed E-state index contributed by atoms with van der Waals surface area (Å²) in [7, 11) is 0. The fourth-order valence-corrected chi connectivity index (χ4v) is 1.21. The van der Waals surface area contributed by atoms with Crippen molar-refractivity contribution >= 4 is 0 Å². The molecule has 2 N–H and O–H groups in total. The first-order chi connectivity index (χ1) is 7.13. The van der Waals surface area contributed by atoms with Gasteiger partial charge in [0.25, 0.3) is 0 Å². The third kappa shape index (κ3) is 2.25. The van der Waals surface area contributed by atoms with Crippen LogP contribution >= 0.6 is 0 Å². The Morgan fingerprint density at radius 2 is 2.27 bits per heavy atom. The topological polar surface area (TPSA) is 59.0 Å². The van der Waals surface area contributed by atoms with Crippen LogP contribution in [0.4, 0.5) is 4.39 Å². The molecule has 1 aromatic carbocycles. The van der Waals surface area contributed by atoms with E-state index in [4.69, 9.17) is 15.7 Å². The molecule has 0 radical (unpaired) electrons. The van der Waals surface area contributed by atoms with Gasteiger partial charge in [-0.2, -0.15) is 5.26 Å². The van der Waals surface area contributed by atoms with Crippen LogP contribution in [0.5, 0.6) is 5.75 Å². The van der Waals surface area contributed by atoms with Crippen LogP contribution in [0.25, 0.3) is 0 Å². The van der Waals surface area contributed by atoms with E-state index in [9.17, 15) is 4.39 Å². The third-order valence-corrected chi connectivity index (χ3v) is 2.47. The molecule has 3 nitrogen and oxygen atoms in total. The highest BCUT2D eigenvalue weighted by Gasteiger charge is 2.39. The van der Waals surface area contributed by atoms with Crippen LogP contribution in [0, 0.1) is 17.1 Å². The molecule has 78 valence electrons. The first-order valence-corrected chi connectivity index (χ1v) is 4.74. The van der Waals surface area contributed by atoms with E-state index < -0.39 is 5.82 Å². The second-order valence-corrected chi connectivity index (χ2v) is 3.91. The Morgan fingerprint density at radius 3 is 2.87 bits per heavy atom. The highest BCUT2D eigenvalue weighted by molar-refractivity contribution is 5.37. The summed E-state index contributed by atoms with van der Waals surface area (Å²) in [6, 6.07) is 5.96. The van der Waals surface area contributed by atoms with Gasteiger partial charge in [-0.1, -0.05) is 0 Å². The second kappa shape index (κ2) is 3.52. The standard InChI is InChI=1S/C11H11FN2O/c12-9-2-1-8(6-13)5-10(9)15-7-11(14)3-4-11/h1-2,5H,3-4,7,14H2. The van der Waals surface area contributed by atoms with Crippen molar-refractivity contribution in [2.75, 3.05) is 6.61 Å². The number of rotatable bonds is 3. The lowest BCUT2D eigenvalue weighted by atomic mass is 10.2. The number of halogens is 1. The van der Waals surface area contributed by atoms with E-state index in [0.717, 1.165) is 12.8 Å². The smallest absolute Gasteiger partial charge is 0.165 e. The van der Waals surface area contributed by atoms with Crippen molar-refractivity contribution < 1.29 is 9.13 Å². The molecule has 0 unspecified atom stereocenters. The van der Waals surface area contributed by atoms with Gasteiger partial charge < -0.3 is 10.5 Å². The summed E-state index contributed by atoms with van der Waals surface area (Å²) >= 11 is 0. The minimum absolute atomic E-state index is 0.103. The lowest BCUT2D eigenvalue weighted by Gasteiger charge is -2.11. The average Bonchev–Trinajstić information content (AvgIpc) is 2.96. The first kappa shape index (κ1) is 9.94. The van der Waals surface area contributed by atoms with Crippen molar-refractivity contribution in [2.24, 2.45) is 5.73 Å². The van der Waals surface area contributed by atoms with E-state index in [2.05, 4.69) is 0 Å². The molecule has 0 atom stereocenters. The van der Waals surface area contributed by atoms with Gasteiger partial charge in [-0.25, -0.2) is 4.39 Å². The van der Waals surface area contributed by atoms with Crippen LogP contribution < -0.4 is 10.5 Å². The lowest BCUT2D eigenvalue weighted by molar-refractivity contribution is 0.267. The van der Waals surface area contributed by atoms with E-state index in [1.807, 2.05) is 6.07 Å². The Morgan fingerprint density at radius 1 is 1.53 bits per heavy atom. The first-order valence-electron chi connectivity index (χ1n) is 4.74. The Labute approximate surface area is 87.3 Å². The summed E-state index contributed by atoms with van der Waals surface area (Å²) in [6.45, 7) is 0.304. The molecule has 2 rings (SSSR count). The molecule has 1 saturated carbocycles. The number of ether oxygens (including phenoxy) is 1. The maximum atomic E-state index is 13.2. The van der Waals surface area contributed by atoms with E-state index >= 15 is 0 Å². The molecule has 1 aliphatic carbocycles. The zero-order chi connectivity index (χ0) is 10.9. The lowest BCUT2D eigenvalue weighted by Crippen LogP contribution is -2.29. The highest BCUT2D eigenvalue weighted by Crippen LogP contribution is 2.33. The molecule has 0 aromatic heterocycles. The van der Waals surface area contributed by atoms with Crippen molar-refractivity contribution in [3.05, 3.63) is 29.6 Å². The maximum Gasteiger partial charge on any atom is 0.165 e. The minimum atomic E-state index is -0.460. The summed E-state index contributed by atoms with van der Waals surface area (Å²) in [5.41, 5.74) is 5.90. The minimum Gasteiger partial charge on any atom is -0.489 e. The molecule has 1 aliphatic rings. The Bertz CT molecular complexity index is 421. The van der Waals surface area contributed by atoms with Gasteiger partial charge in [-0.15, -0.1) is 0 Å². The largest absolute Gasteiger partial charge is 0.489 e. The number of hydrogen-bond donors (Lipinski definition) is 1. The monoisotopic (exact) mass is 206 g/mol. The predicted molar refractivity (Wildman–Crippen MR) is 52.8 cm³/mol. The molecular formula is C11H11FN2O. The summed E-state index contributed by atoms with van der Waals surface area (Å²) in [5.74, 6) is -0.357. The predicted octanol–water partition coefficient (Wildman–Crippen LogP) is 1.57. The zero-order valence-corrected chi connectivity index (χ0v) is 8.16. The third-order valence-electron chi connectivity index (χ3n) is 2.47. The van der Waals surface area contributed by atoms with Crippen molar-refractivity contribution in [1.82, 2.24) is 0 Å². The summed E-state index contributed by atoms with van der Waals surface area (Å²) in [5, 5.41) is 8.64. The SMILES string of the molecule is N#Cc1ccc(F)c(OCC2(N)CC2)c1. The number of nitrogens with zero attached hydrogens (tertiary/aromatic N) is 1. The van der Waals surface area contributed by atoms with Gasteiger partial charge in [-0.3, -0.25) is 0 Å². The van der Waals surface area contributed by atoms with Crippen molar-refractivity contribution in [3.8, 4) is 11.8 Å². The van der Waals surface area contributed by atoms with Crippen LogP contribution in [0.2, 0.25) is 0 Å². The molecular weight excluding hydrogens is 195 g/mol. The van der Waals surface area contributed by atoms with Crippen molar-refractivity contribution in [1.29, 1.82) is 5.26 Å². The molecule has 0 saturated heterocycles. The molecule has 0 bridgehead atoms. The van der Waals surface area contributed by atoms with Gasteiger partial charge in [0.05, 0.1) is 17.2 Å².